The highest BCUT2D eigenvalue weighted by Crippen LogP contribution is 2.34. The average Bonchev–Trinajstić information content (AvgIpc) is 3.24. The normalized spacial score (nSPS) is 18.5. The van der Waals surface area contributed by atoms with Gasteiger partial charge in [-0.3, -0.25) is 9.79 Å². The maximum atomic E-state index is 13.6. The van der Waals surface area contributed by atoms with Gasteiger partial charge in [0.05, 0.1) is 7.11 Å². The monoisotopic (exact) mass is 797 g/mol. The number of nitrogens with one attached hydrogen (secondary N) is 1. The molecule has 0 amide bonds. The van der Waals surface area contributed by atoms with E-state index < -0.39 is 6.10 Å². The standard InChI is InChI=1S/C50H59N3O6/c1-4-5-6-14-44-37(13-9-16-46(44)53-50(51)52-2)12-8-7-11-36-20-23-40(54)30-39(36)31-42-32-41(55)22-17-34-19-26-48(57-3)49(29-34)59-33-35-18-24-43-38(28-35)21-25-47(56)45(43)15-10-27-58-42/h9,13,16,18-21,23-26,28-30,36,39,42,54,56H,4-8,11-12,14-15,17,22,31-33H2,1-3H3,(H3,51,52,53). The number of aromatic hydroxyl groups is 1. The predicted octanol–water partition coefficient (Wildman–Crippen LogP) is 10.1. The van der Waals surface area contributed by atoms with Crippen LogP contribution in [0.3, 0.4) is 0 Å². The van der Waals surface area contributed by atoms with Crippen molar-refractivity contribution in [3.8, 4) is 29.3 Å². The Bertz CT molecular complexity index is 2230. The number of guanidine groups is 1. The molecule has 6 bridgehead atoms. The van der Waals surface area contributed by atoms with E-state index >= 15 is 0 Å². The fourth-order valence-electron chi connectivity index (χ4n) is 8.26. The van der Waals surface area contributed by atoms with Gasteiger partial charge in [0.25, 0.3) is 0 Å². The van der Waals surface area contributed by atoms with Crippen molar-refractivity contribution in [3.63, 3.8) is 0 Å². The molecule has 9 nitrogen and oxygen atoms in total. The number of phenolic OH excluding ortho intramolecular Hbond substituents is 1. The van der Waals surface area contributed by atoms with E-state index in [0.29, 0.717) is 48.9 Å². The molecule has 4 aromatic rings. The number of rotatable bonds is 13. The zero-order valence-electron chi connectivity index (χ0n) is 34.8. The second kappa shape index (κ2) is 21.2. The Morgan fingerprint density at radius 2 is 1.83 bits per heavy atom. The number of unbranched alkanes of at least 4 members (excludes halogenated alkanes) is 3. The van der Waals surface area contributed by atoms with Crippen LogP contribution in [0.5, 0.6) is 17.2 Å². The number of benzene rings is 4. The molecule has 59 heavy (non-hydrogen) atoms. The summed E-state index contributed by atoms with van der Waals surface area (Å²) in [6.45, 7) is 2.55. The van der Waals surface area contributed by atoms with E-state index in [0.717, 1.165) is 72.5 Å². The molecule has 0 aromatic heterocycles. The number of allylic oxidation sites excluding steroid dienone is 3. The summed E-state index contributed by atoms with van der Waals surface area (Å²) in [7, 11) is 3.30. The first-order chi connectivity index (χ1) is 28.7. The van der Waals surface area contributed by atoms with Crippen molar-refractivity contribution >= 4 is 28.2 Å². The number of ether oxygens (including phenoxy) is 3. The first kappa shape index (κ1) is 42.7. The zero-order chi connectivity index (χ0) is 41.6. The molecule has 1 aliphatic carbocycles. The number of ketones is 1. The Balaban J connectivity index is 1.18. The Labute approximate surface area is 349 Å². The van der Waals surface area contributed by atoms with Crippen molar-refractivity contribution in [1.29, 1.82) is 0 Å². The van der Waals surface area contributed by atoms with Gasteiger partial charge in [-0.05, 0) is 132 Å². The fourth-order valence-corrected chi connectivity index (χ4v) is 8.26. The van der Waals surface area contributed by atoms with Gasteiger partial charge in [0, 0.05) is 37.6 Å². The molecule has 5 N–H and O–H groups in total. The van der Waals surface area contributed by atoms with Gasteiger partial charge in [-0.25, -0.2) is 0 Å². The summed E-state index contributed by atoms with van der Waals surface area (Å²) in [4.78, 5) is 17.7. The molecular formula is C50H59N3O6. The molecule has 4 aromatic carbocycles. The summed E-state index contributed by atoms with van der Waals surface area (Å²) in [6.07, 6.45) is 18.4. The summed E-state index contributed by atoms with van der Waals surface area (Å²) in [5.74, 6) is 5.37. The Kier molecular flexibility index (Phi) is 15.4. The maximum Gasteiger partial charge on any atom is 0.192 e. The zero-order valence-corrected chi connectivity index (χ0v) is 34.8. The van der Waals surface area contributed by atoms with Gasteiger partial charge in [0.1, 0.15) is 36.1 Å². The molecule has 310 valence electrons. The third-order valence-electron chi connectivity index (χ3n) is 11.5. The van der Waals surface area contributed by atoms with E-state index in [-0.39, 0.29) is 42.0 Å². The number of hydrogen-bond acceptors (Lipinski definition) is 7. The van der Waals surface area contributed by atoms with Crippen LogP contribution in [0.4, 0.5) is 5.69 Å². The number of aliphatic hydroxyl groups is 1. The van der Waals surface area contributed by atoms with Gasteiger partial charge in [-0.15, -0.1) is 0 Å². The quantitative estimate of drug-likeness (QED) is 0.0455. The minimum atomic E-state index is -0.487. The van der Waals surface area contributed by atoms with Crippen molar-refractivity contribution < 1.29 is 29.2 Å². The minimum absolute atomic E-state index is 0.0350. The number of phenols is 1. The minimum Gasteiger partial charge on any atom is -0.508 e. The first-order valence-corrected chi connectivity index (χ1v) is 21.1. The Morgan fingerprint density at radius 1 is 0.983 bits per heavy atom. The first-order valence-electron chi connectivity index (χ1n) is 21.1. The van der Waals surface area contributed by atoms with Crippen LogP contribution in [0.2, 0.25) is 0 Å². The second-order valence-corrected chi connectivity index (χ2v) is 15.7. The third kappa shape index (κ3) is 11.8. The number of aliphatic imine (C=N–C) groups is 1. The topological polar surface area (TPSA) is 136 Å². The van der Waals surface area contributed by atoms with Crippen molar-refractivity contribution in [3.05, 3.63) is 119 Å². The van der Waals surface area contributed by atoms with Crippen LogP contribution < -0.4 is 20.5 Å². The number of aliphatic hydroxyl groups excluding tert-OH is 1. The number of aryl methyl sites for hydroxylation is 2. The van der Waals surface area contributed by atoms with Gasteiger partial charge in [0.2, 0.25) is 0 Å². The van der Waals surface area contributed by atoms with Crippen molar-refractivity contribution in [2.24, 2.45) is 22.6 Å². The van der Waals surface area contributed by atoms with Crippen LogP contribution in [0.1, 0.15) is 92.5 Å². The predicted molar refractivity (Wildman–Crippen MR) is 237 cm³/mol. The van der Waals surface area contributed by atoms with Gasteiger partial charge < -0.3 is 35.5 Å². The van der Waals surface area contributed by atoms with Crippen LogP contribution in [-0.2, 0) is 41.8 Å². The average molecular weight is 798 g/mol. The van der Waals surface area contributed by atoms with E-state index in [9.17, 15) is 15.0 Å². The molecule has 3 atom stereocenters. The van der Waals surface area contributed by atoms with E-state index in [4.69, 9.17) is 19.9 Å². The van der Waals surface area contributed by atoms with Crippen LogP contribution in [-0.4, -0.2) is 42.2 Å². The highest BCUT2D eigenvalue weighted by molar-refractivity contribution is 5.93. The molecule has 0 spiro atoms. The highest BCUT2D eigenvalue weighted by Gasteiger charge is 2.27. The van der Waals surface area contributed by atoms with Crippen LogP contribution in [0.25, 0.3) is 10.8 Å². The molecule has 0 fully saturated rings. The number of Topliss-reactive ketones (excluding diaryl/α,β-unsaturated/α-hetero) is 1. The van der Waals surface area contributed by atoms with Crippen LogP contribution in [0, 0.1) is 23.9 Å². The lowest BCUT2D eigenvalue weighted by atomic mass is 9.80. The number of nitrogens with two attached hydrogens (primary N) is 1. The third-order valence-corrected chi connectivity index (χ3v) is 11.5. The van der Waals surface area contributed by atoms with Gasteiger partial charge in [-0.2, -0.15) is 0 Å². The lowest BCUT2D eigenvalue weighted by molar-refractivity contribution is -0.121. The van der Waals surface area contributed by atoms with Crippen molar-refractivity contribution in [2.75, 3.05) is 19.5 Å². The van der Waals surface area contributed by atoms with Crippen LogP contribution >= 0.6 is 0 Å². The number of hydrogen-bond donors (Lipinski definition) is 4. The summed E-state index contributed by atoms with van der Waals surface area (Å²) in [5.41, 5.74) is 12.4. The van der Waals surface area contributed by atoms with Gasteiger partial charge >= 0.3 is 0 Å². The number of nitrogens with zero attached hydrogens (tertiary/aromatic N) is 1. The summed E-state index contributed by atoms with van der Waals surface area (Å²) < 4.78 is 18.1. The van der Waals surface area contributed by atoms with Gasteiger partial charge in [0.15, 0.2) is 17.5 Å². The molecule has 2 aliphatic heterocycles. The fraction of sp³-hybridized carbons (Fsp3) is 0.400. The smallest absolute Gasteiger partial charge is 0.192 e. The molecule has 0 radical (unpaired) electrons. The molecule has 3 unspecified atom stereocenters. The number of carbonyl (C=O) groups is 1. The highest BCUT2D eigenvalue weighted by atomic mass is 16.5. The summed E-state index contributed by atoms with van der Waals surface area (Å²) in [5, 5.41) is 26.7. The second-order valence-electron chi connectivity index (χ2n) is 15.7. The number of anilines is 1. The van der Waals surface area contributed by atoms with E-state index in [1.54, 1.807) is 26.3 Å². The Morgan fingerprint density at radius 3 is 2.66 bits per heavy atom. The maximum absolute atomic E-state index is 13.6. The molecule has 0 saturated heterocycles. The largest absolute Gasteiger partial charge is 0.508 e. The van der Waals surface area contributed by atoms with Crippen molar-refractivity contribution in [2.45, 2.75) is 103 Å². The van der Waals surface area contributed by atoms with E-state index in [1.807, 2.05) is 42.5 Å². The summed E-state index contributed by atoms with van der Waals surface area (Å²) in [6, 6.07) is 21.8. The summed E-state index contributed by atoms with van der Waals surface area (Å²) >= 11 is 0. The number of fused-ring (bicyclic) bond motifs is 9. The molecule has 2 heterocycles. The van der Waals surface area contributed by atoms with E-state index in [2.05, 4.69) is 59.6 Å². The van der Waals surface area contributed by atoms with E-state index in [1.165, 1.54) is 17.5 Å². The van der Waals surface area contributed by atoms with Gasteiger partial charge in [-0.1, -0.05) is 74.6 Å². The lowest BCUT2D eigenvalue weighted by Gasteiger charge is -2.28. The molecular weight excluding hydrogens is 739 g/mol. The molecule has 3 aliphatic rings. The molecule has 9 heteroatoms. The SMILES string of the molecule is CCCCCc1c(CCCCC2C=CC(O)=CC2CC2CC(=O)CCc3ccc(OC)c(c3)OCc3ccc4c(c(O)ccc4c3)CC#CO2)cccc1NC(N)=NC. The molecule has 0 saturated carbocycles. The Hall–Kier alpha value is -5.88. The molecule has 7 rings (SSSR count). The lowest BCUT2D eigenvalue weighted by Crippen LogP contribution is -2.24. The number of carbonyl (C=O) groups excluding carboxylic acids is 1. The van der Waals surface area contributed by atoms with Crippen LogP contribution in [0.15, 0.2) is 95.7 Å². The number of methoxy groups -OCH3 is 1. The van der Waals surface area contributed by atoms with Crippen molar-refractivity contribution in [1.82, 2.24) is 0 Å².